The molecule has 1 aromatic carbocycles. The van der Waals surface area contributed by atoms with Crippen LogP contribution in [0, 0.1) is 6.92 Å². The Bertz CT molecular complexity index is 1080. The van der Waals surface area contributed by atoms with Gasteiger partial charge in [-0.2, -0.15) is 5.10 Å². The van der Waals surface area contributed by atoms with Crippen LogP contribution in [0.25, 0.3) is 22.3 Å². The Morgan fingerprint density at radius 3 is 2.77 bits per heavy atom. The number of aromatic amines is 1. The van der Waals surface area contributed by atoms with Gasteiger partial charge in [-0.05, 0) is 70.2 Å². The molecule has 134 valence electrons. The lowest BCUT2D eigenvalue weighted by atomic mass is 9.85. The molecule has 26 heavy (non-hydrogen) atoms. The van der Waals surface area contributed by atoms with Crippen molar-refractivity contribution in [3.8, 4) is 11.4 Å². The number of aryl methyl sites for hydroxylation is 3. The number of amides is 1. The largest absolute Gasteiger partial charge is 0.339 e. The number of nitrogens with zero attached hydrogens (tertiary/aromatic N) is 2. The highest BCUT2D eigenvalue weighted by Gasteiger charge is 2.39. The van der Waals surface area contributed by atoms with Crippen molar-refractivity contribution in [2.24, 2.45) is 0 Å². The van der Waals surface area contributed by atoms with Crippen molar-refractivity contribution in [2.45, 2.75) is 58.9 Å². The maximum atomic E-state index is 12.4. The van der Waals surface area contributed by atoms with Crippen LogP contribution >= 0.6 is 0 Å². The maximum absolute atomic E-state index is 12.4. The number of benzene rings is 1. The summed E-state index contributed by atoms with van der Waals surface area (Å²) in [5.74, 6) is 0.0829. The molecule has 0 fully saturated rings. The molecule has 0 spiro atoms. The number of rotatable bonds is 1. The molecule has 2 N–H and O–H groups in total. The Hall–Kier alpha value is -2.56. The molecule has 1 aliphatic carbocycles. The number of fused-ring (bicyclic) bond motifs is 6. The summed E-state index contributed by atoms with van der Waals surface area (Å²) in [6.45, 7) is 9.18. The van der Waals surface area contributed by atoms with Gasteiger partial charge in [-0.15, -0.1) is 0 Å². The molecule has 5 heteroatoms. The number of anilines is 1. The monoisotopic (exact) mass is 348 g/mol. The molecule has 0 radical (unpaired) electrons. The normalized spacial score (nSPS) is 17.6. The van der Waals surface area contributed by atoms with Crippen LogP contribution < -0.4 is 5.32 Å². The van der Waals surface area contributed by atoms with Gasteiger partial charge in [-0.25, -0.2) is 0 Å². The van der Waals surface area contributed by atoms with E-state index < -0.39 is 5.41 Å². The predicted octanol–water partition coefficient (Wildman–Crippen LogP) is 4.08. The third kappa shape index (κ3) is 1.81. The van der Waals surface area contributed by atoms with Gasteiger partial charge in [-0.1, -0.05) is 0 Å². The molecule has 0 saturated heterocycles. The average molecular weight is 348 g/mol. The second-order valence-corrected chi connectivity index (χ2v) is 8.09. The second kappa shape index (κ2) is 5.00. The summed E-state index contributed by atoms with van der Waals surface area (Å²) in [6.07, 6.45) is 3.23. The highest BCUT2D eigenvalue weighted by molar-refractivity contribution is 6.09. The van der Waals surface area contributed by atoms with Crippen LogP contribution in [0.4, 0.5) is 5.69 Å². The lowest BCUT2D eigenvalue weighted by Crippen LogP contribution is -2.26. The highest BCUT2D eigenvalue weighted by atomic mass is 16.2. The summed E-state index contributed by atoms with van der Waals surface area (Å²) < 4.78 is 2.38. The van der Waals surface area contributed by atoms with Crippen LogP contribution in [-0.2, 0) is 29.6 Å². The van der Waals surface area contributed by atoms with Gasteiger partial charge in [0.25, 0.3) is 0 Å². The first kappa shape index (κ1) is 15.7. The van der Waals surface area contributed by atoms with Crippen molar-refractivity contribution >= 4 is 22.5 Å². The van der Waals surface area contributed by atoms with Crippen molar-refractivity contribution < 1.29 is 4.79 Å². The zero-order valence-electron chi connectivity index (χ0n) is 15.8. The predicted molar refractivity (Wildman–Crippen MR) is 104 cm³/mol. The summed E-state index contributed by atoms with van der Waals surface area (Å²) in [7, 11) is 0. The number of nitrogens with one attached hydrogen (secondary N) is 2. The second-order valence-electron chi connectivity index (χ2n) is 8.09. The minimum atomic E-state index is -0.488. The molecule has 0 bridgehead atoms. The van der Waals surface area contributed by atoms with Gasteiger partial charge in [0.05, 0.1) is 11.1 Å². The molecular formula is C21H24N4O. The fourth-order valence-corrected chi connectivity index (χ4v) is 4.73. The molecule has 1 aliphatic heterocycles. The van der Waals surface area contributed by atoms with Gasteiger partial charge in [0.15, 0.2) is 0 Å². The topological polar surface area (TPSA) is 62.7 Å². The standard InChI is InChI=1S/C21H24N4O/c1-5-25-17-10-15-16(22-20(26)21(15,3)4)9-14(17)13-8-6-7-12-11(2)23-24-18(12)19(13)25/h9-10H,5-8H2,1-4H3,(H,22,26)(H,23,24). The molecule has 3 aromatic rings. The van der Waals surface area contributed by atoms with Crippen molar-refractivity contribution in [3.05, 3.63) is 34.5 Å². The first-order valence-corrected chi connectivity index (χ1v) is 9.48. The minimum absolute atomic E-state index is 0.0829. The Balaban J connectivity index is 1.87. The fraction of sp³-hybridized carbons (Fsp3) is 0.429. The van der Waals surface area contributed by atoms with E-state index in [0.29, 0.717) is 0 Å². The van der Waals surface area contributed by atoms with Crippen LogP contribution in [0.2, 0.25) is 0 Å². The Labute approximate surface area is 152 Å². The average Bonchev–Trinajstić information content (AvgIpc) is 3.12. The number of hydrogen-bond acceptors (Lipinski definition) is 2. The Morgan fingerprint density at radius 1 is 1.23 bits per heavy atom. The van der Waals surface area contributed by atoms with Crippen molar-refractivity contribution in [1.82, 2.24) is 14.8 Å². The lowest BCUT2D eigenvalue weighted by Gasteiger charge is -2.15. The zero-order valence-corrected chi connectivity index (χ0v) is 15.8. The van der Waals surface area contributed by atoms with E-state index in [1.807, 2.05) is 13.8 Å². The van der Waals surface area contributed by atoms with E-state index >= 15 is 0 Å². The van der Waals surface area contributed by atoms with Crippen LogP contribution in [0.3, 0.4) is 0 Å². The van der Waals surface area contributed by atoms with Crippen LogP contribution in [-0.4, -0.2) is 20.7 Å². The molecule has 3 heterocycles. The van der Waals surface area contributed by atoms with Gasteiger partial charge in [-0.3, -0.25) is 9.89 Å². The molecule has 2 aromatic heterocycles. The molecule has 0 unspecified atom stereocenters. The Kier molecular flexibility index (Phi) is 3.01. The van der Waals surface area contributed by atoms with Gasteiger partial charge in [0.1, 0.15) is 5.69 Å². The number of aromatic nitrogens is 3. The lowest BCUT2D eigenvalue weighted by molar-refractivity contribution is -0.119. The molecule has 5 nitrogen and oxygen atoms in total. The summed E-state index contributed by atoms with van der Waals surface area (Å²) in [5.41, 5.74) is 9.05. The SMILES string of the molecule is CCn1c2c(c3cc4c(cc31)C(C)(C)C(=O)N4)CCCc1c-2n[nH]c1C. The first-order valence-electron chi connectivity index (χ1n) is 9.48. The molecule has 5 rings (SSSR count). The van der Waals surface area contributed by atoms with E-state index in [-0.39, 0.29) is 5.91 Å². The van der Waals surface area contributed by atoms with Gasteiger partial charge in [0, 0.05) is 34.4 Å². The van der Waals surface area contributed by atoms with E-state index in [1.165, 1.54) is 33.4 Å². The van der Waals surface area contributed by atoms with Gasteiger partial charge >= 0.3 is 0 Å². The summed E-state index contributed by atoms with van der Waals surface area (Å²) in [6, 6.07) is 4.41. The van der Waals surface area contributed by atoms with Gasteiger partial charge < -0.3 is 9.88 Å². The van der Waals surface area contributed by atoms with Crippen molar-refractivity contribution in [2.75, 3.05) is 5.32 Å². The van der Waals surface area contributed by atoms with E-state index in [4.69, 9.17) is 0 Å². The minimum Gasteiger partial charge on any atom is -0.339 e. The van der Waals surface area contributed by atoms with Crippen LogP contribution in [0.5, 0.6) is 0 Å². The highest BCUT2D eigenvalue weighted by Crippen LogP contribution is 2.45. The molecule has 0 atom stereocenters. The Morgan fingerprint density at radius 2 is 2.00 bits per heavy atom. The number of carbonyl (C=O) groups excluding carboxylic acids is 1. The van der Waals surface area contributed by atoms with E-state index in [1.54, 1.807) is 0 Å². The fourth-order valence-electron chi connectivity index (χ4n) is 4.73. The van der Waals surface area contributed by atoms with E-state index in [2.05, 4.69) is 46.1 Å². The first-order chi connectivity index (χ1) is 12.4. The number of H-pyrrole nitrogens is 1. The third-order valence-electron chi connectivity index (χ3n) is 6.26. The zero-order chi connectivity index (χ0) is 18.2. The molecular weight excluding hydrogens is 324 g/mol. The van der Waals surface area contributed by atoms with Crippen molar-refractivity contribution in [3.63, 3.8) is 0 Å². The number of carbonyl (C=O) groups is 1. The molecule has 2 aliphatic rings. The van der Waals surface area contributed by atoms with Gasteiger partial charge in [0.2, 0.25) is 5.91 Å². The summed E-state index contributed by atoms with van der Waals surface area (Å²) in [4.78, 5) is 12.4. The van der Waals surface area contributed by atoms with E-state index in [0.717, 1.165) is 42.8 Å². The van der Waals surface area contributed by atoms with E-state index in [9.17, 15) is 4.79 Å². The summed E-state index contributed by atoms with van der Waals surface area (Å²) >= 11 is 0. The maximum Gasteiger partial charge on any atom is 0.234 e. The smallest absolute Gasteiger partial charge is 0.234 e. The van der Waals surface area contributed by atoms with Crippen LogP contribution in [0.1, 0.15) is 49.6 Å². The third-order valence-corrected chi connectivity index (χ3v) is 6.26. The van der Waals surface area contributed by atoms with Crippen LogP contribution in [0.15, 0.2) is 12.1 Å². The molecule has 1 amide bonds. The number of hydrogen-bond donors (Lipinski definition) is 2. The quantitative estimate of drug-likeness (QED) is 0.696. The molecule has 0 saturated carbocycles. The van der Waals surface area contributed by atoms with Crippen molar-refractivity contribution in [1.29, 1.82) is 0 Å². The summed E-state index contributed by atoms with van der Waals surface area (Å²) in [5, 5.41) is 12.2.